The number of amides is 1. The molecule has 0 aliphatic carbocycles. The van der Waals surface area contributed by atoms with Gasteiger partial charge in [-0.3, -0.25) is 15.0 Å². The first-order valence-corrected chi connectivity index (χ1v) is 14.6. The Bertz CT molecular complexity index is 1030. The molecule has 10 heteroatoms. The van der Waals surface area contributed by atoms with Crippen molar-refractivity contribution in [2.75, 3.05) is 38.5 Å². The number of piperazine rings is 1. The van der Waals surface area contributed by atoms with Crippen molar-refractivity contribution in [3.63, 3.8) is 0 Å². The van der Waals surface area contributed by atoms with E-state index in [1.807, 2.05) is 11.9 Å². The van der Waals surface area contributed by atoms with E-state index in [9.17, 15) is 18.0 Å². The molecule has 1 aliphatic heterocycles. The maximum atomic E-state index is 13.7. The highest BCUT2D eigenvalue weighted by atomic mass is 32.1. The van der Waals surface area contributed by atoms with Crippen molar-refractivity contribution >= 4 is 30.4 Å². The Morgan fingerprint density at radius 3 is 2.53 bits per heavy atom. The van der Waals surface area contributed by atoms with Gasteiger partial charge in [-0.05, 0) is 24.7 Å². The topological polar surface area (TPSA) is 48.5 Å². The van der Waals surface area contributed by atoms with Crippen LogP contribution in [0.4, 0.5) is 18.3 Å². The van der Waals surface area contributed by atoms with Gasteiger partial charge in [0.1, 0.15) is 8.07 Å². The van der Waals surface area contributed by atoms with Crippen LogP contribution in [0.3, 0.4) is 0 Å². The van der Waals surface area contributed by atoms with Gasteiger partial charge >= 0.3 is 6.18 Å². The van der Waals surface area contributed by atoms with Crippen LogP contribution in [0.25, 0.3) is 0 Å². The van der Waals surface area contributed by atoms with Crippen LogP contribution in [0.1, 0.15) is 26.4 Å². The number of rotatable bonds is 4. The van der Waals surface area contributed by atoms with Crippen LogP contribution in [-0.4, -0.2) is 62.0 Å². The first-order chi connectivity index (χ1) is 14.9. The van der Waals surface area contributed by atoms with Crippen LogP contribution < -0.4 is 5.32 Å². The number of alkyl halides is 3. The lowest BCUT2D eigenvalue weighted by molar-refractivity contribution is -0.138. The Morgan fingerprint density at radius 2 is 1.91 bits per heavy atom. The van der Waals surface area contributed by atoms with Crippen molar-refractivity contribution in [2.45, 2.75) is 32.4 Å². The molecule has 2 aromatic rings. The van der Waals surface area contributed by atoms with Crippen molar-refractivity contribution in [3.8, 4) is 11.5 Å². The van der Waals surface area contributed by atoms with Crippen LogP contribution >= 0.6 is 11.3 Å². The summed E-state index contributed by atoms with van der Waals surface area (Å²) < 4.78 is 41.2. The average Bonchev–Trinajstić information content (AvgIpc) is 3.14. The number of aromatic nitrogens is 1. The average molecular weight is 481 g/mol. The molecule has 2 heterocycles. The molecule has 0 radical (unpaired) electrons. The highest BCUT2D eigenvalue weighted by Crippen LogP contribution is 2.34. The van der Waals surface area contributed by atoms with Gasteiger partial charge in [0.05, 0.1) is 16.6 Å². The number of halogens is 3. The van der Waals surface area contributed by atoms with E-state index in [1.165, 1.54) is 23.5 Å². The molecule has 1 amide bonds. The largest absolute Gasteiger partial charge is 0.416 e. The summed E-state index contributed by atoms with van der Waals surface area (Å²) in [6, 6.07) is 3.78. The first kappa shape index (κ1) is 24.4. The fourth-order valence-electron chi connectivity index (χ4n) is 3.17. The summed E-state index contributed by atoms with van der Waals surface area (Å²) in [5, 5.41) is 2.90. The zero-order valence-corrected chi connectivity index (χ0v) is 20.5. The fourth-order valence-corrected chi connectivity index (χ4v) is 4.44. The standard InChI is InChI=1S/C22H27F3N4OSSi/c1-28-8-10-29(11-9-28)15-17-6-5-16(13-19(17)22(23,24)25)20(30)27-21-26-14-18(31-21)7-12-32(2,3)4/h5-6,13-14H,8-11,15H2,1-4H3,(H,26,27,30). The smallest absolute Gasteiger partial charge is 0.304 e. The van der Waals surface area contributed by atoms with Gasteiger partial charge in [-0.15, -0.1) is 5.54 Å². The third-order valence-corrected chi connectivity index (χ3v) is 6.66. The minimum absolute atomic E-state index is 0.0515. The van der Waals surface area contributed by atoms with Crippen molar-refractivity contribution in [1.82, 2.24) is 14.8 Å². The van der Waals surface area contributed by atoms with Crippen molar-refractivity contribution in [2.24, 2.45) is 0 Å². The maximum absolute atomic E-state index is 13.7. The molecule has 0 bridgehead atoms. The SMILES string of the molecule is CN1CCN(Cc2ccc(C(=O)Nc3ncc(C#C[Si](C)(C)C)s3)cc2C(F)(F)F)CC1. The molecule has 1 fully saturated rings. The van der Waals surface area contributed by atoms with E-state index < -0.39 is 25.7 Å². The quantitative estimate of drug-likeness (QED) is 0.521. The van der Waals surface area contributed by atoms with Gasteiger partial charge in [0.2, 0.25) is 0 Å². The first-order valence-electron chi connectivity index (χ1n) is 10.3. The number of anilines is 1. The number of nitrogens with zero attached hydrogens (tertiary/aromatic N) is 3. The Hall–Kier alpha value is -2.19. The van der Waals surface area contributed by atoms with E-state index in [4.69, 9.17) is 0 Å². The second kappa shape index (κ2) is 9.75. The summed E-state index contributed by atoms with van der Waals surface area (Å²) in [7, 11) is 0.449. The summed E-state index contributed by atoms with van der Waals surface area (Å²) in [4.78, 5) is 21.6. The van der Waals surface area contributed by atoms with E-state index >= 15 is 0 Å². The number of thiazole rings is 1. The molecule has 0 unspecified atom stereocenters. The van der Waals surface area contributed by atoms with E-state index in [0.29, 0.717) is 23.1 Å². The lowest BCUT2D eigenvalue weighted by atomic mass is 10.0. The highest BCUT2D eigenvalue weighted by Gasteiger charge is 2.34. The summed E-state index contributed by atoms with van der Waals surface area (Å²) in [5.41, 5.74) is 2.57. The Balaban J connectivity index is 1.75. The van der Waals surface area contributed by atoms with Gasteiger partial charge in [-0.1, -0.05) is 43.0 Å². The summed E-state index contributed by atoms with van der Waals surface area (Å²) >= 11 is 1.21. The Labute approximate surface area is 191 Å². The zero-order valence-electron chi connectivity index (χ0n) is 18.6. The minimum atomic E-state index is -4.54. The normalized spacial score (nSPS) is 15.8. The highest BCUT2D eigenvalue weighted by molar-refractivity contribution is 7.16. The molecule has 3 rings (SSSR count). The van der Waals surface area contributed by atoms with Gasteiger partial charge in [-0.25, -0.2) is 4.98 Å². The van der Waals surface area contributed by atoms with Gasteiger partial charge in [0.15, 0.2) is 5.13 Å². The maximum Gasteiger partial charge on any atom is 0.416 e. The van der Waals surface area contributed by atoms with E-state index in [1.54, 1.807) is 6.20 Å². The number of carbonyl (C=O) groups excluding carboxylic acids is 1. The molecule has 0 saturated carbocycles. The Morgan fingerprint density at radius 1 is 1.22 bits per heavy atom. The zero-order chi connectivity index (χ0) is 23.5. The van der Waals surface area contributed by atoms with Crippen molar-refractivity contribution < 1.29 is 18.0 Å². The monoisotopic (exact) mass is 480 g/mol. The minimum Gasteiger partial charge on any atom is -0.304 e. The number of carbonyl (C=O) groups is 1. The van der Waals surface area contributed by atoms with E-state index in [-0.39, 0.29) is 17.7 Å². The second-order valence-corrected chi connectivity index (χ2v) is 14.7. The third-order valence-electron chi connectivity index (χ3n) is 4.95. The lowest BCUT2D eigenvalue weighted by Crippen LogP contribution is -2.44. The molecular weight excluding hydrogens is 453 g/mol. The number of nitrogens with one attached hydrogen (secondary N) is 1. The van der Waals surface area contributed by atoms with Crippen LogP contribution in [0.15, 0.2) is 24.4 Å². The molecule has 32 heavy (non-hydrogen) atoms. The Kier molecular flexibility index (Phi) is 7.45. The predicted molar refractivity (Wildman–Crippen MR) is 125 cm³/mol. The fraction of sp³-hybridized carbons (Fsp3) is 0.455. The van der Waals surface area contributed by atoms with Crippen molar-refractivity contribution in [1.29, 1.82) is 0 Å². The van der Waals surface area contributed by atoms with Gasteiger partial charge in [0.25, 0.3) is 5.91 Å². The van der Waals surface area contributed by atoms with Crippen LogP contribution in [0.2, 0.25) is 19.6 Å². The van der Waals surface area contributed by atoms with Crippen LogP contribution in [0, 0.1) is 11.5 Å². The second-order valence-electron chi connectivity index (χ2n) is 8.93. The van der Waals surface area contributed by atoms with E-state index in [2.05, 4.69) is 46.3 Å². The van der Waals surface area contributed by atoms with E-state index in [0.717, 1.165) is 19.2 Å². The predicted octanol–water partition coefficient (Wildman–Crippen LogP) is 4.39. The molecule has 1 N–H and O–H groups in total. The molecule has 5 nitrogen and oxygen atoms in total. The molecule has 0 atom stereocenters. The molecule has 0 spiro atoms. The number of likely N-dealkylation sites (N-methyl/N-ethyl adjacent to an activating group) is 1. The van der Waals surface area contributed by atoms with Gasteiger partial charge in [-0.2, -0.15) is 13.2 Å². The summed E-state index contributed by atoms with van der Waals surface area (Å²) in [5.74, 6) is 2.43. The molecule has 1 aromatic heterocycles. The van der Waals surface area contributed by atoms with Crippen LogP contribution in [0.5, 0.6) is 0 Å². The van der Waals surface area contributed by atoms with Gasteiger partial charge in [0, 0.05) is 38.3 Å². The van der Waals surface area contributed by atoms with Crippen molar-refractivity contribution in [3.05, 3.63) is 46.0 Å². The summed E-state index contributed by atoms with van der Waals surface area (Å²) in [6.07, 6.45) is -2.98. The van der Waals surface area contributed by atoms with Gasteiger partial charge < -0.3 is 4.90 Å². The molecule has 1 aliphatic rings. The number of hydrogen-bond acceptors (Lipinski definition) is 5. The molecule has 172 valence electrons. The summed E-state index contributed by atoms with van der Waals surface area (Å²) in [6.45, 7) is 9.63. The molecule has 1 aromatic carbocycles. The third kappa shape index (κ3) is 6.90. The molecular formula is C22H27F3N4OSSi. The number of benzene rings is 1. The lowest BCUT2D eigenvalue weighted by Gasteiger charge is -2.33. The van der Waals surface area contributed by atoms with Crippen LogP contribution in [-0.2, 0) is 12.7 Å². The molecule has 1 saturated heterocycles. The number of hydrogen-bond donors (Lipinski definition) is 1.